The Labute approximate surface area is 111 Å². The van der Waals surface area contributed by atoms with E-state index in [-0.39, 0.29) is 0 Å². The number of carbonyl (C=O) groups is 1. The Hall–Kier alpha value is -0.610. The average molecular weight is 273 g/mol. The lowest BCUT2D eigenvalue weighted by molar-refractivity contribution is 0.112. The van der Waals surface area contributed by atoms with Gasteiger partial charge < -0.3 is 4.90 Å². The van der Waals surface area contributed by atoms with Crippen molar-refractivity contribution in [3.05, 3.63) is 10.0 Å². The van der Waals surface area contributed by atoms with Crippen molar-refractivity contribution < 1.29 is 4.79 Å². The number of nitrogens with zero attached hydrogens (tertiary/aromatic N) is 2. The molecule has 1 saturated carbocycles. The van der Waals surface area contributed by atoms with Gasteiger partial charge in [-0.2, -0.15) is 0 Å². The van der Waals surface area contributed by atoms with Gasteiger partial charge in [-0.05, 0) is 18.8 Å². The molecule has 94 valence electrons. The van der Waals surface area contributed by atoms with Crippen molar-refractivity contribution in [3.8, 4) is 0 Å². The quantitative estimate of drug-likeness (QED) is 0.788. The van der Waals surface area contributed by atoms with Gasteiger partial charge in [0.25, 0.3) is 0 Å². The highest BCUT2D eigenvalue weighted by Gasteiger charge is 2.24. The number of thiazole rings is 1. The van der Waals surface area contributed by atoms with Crippen LogP contribution in [0.4, 0.5) is 5.13 Å². The molecule has 2 rings (SSSR count). The Morgan fingerprint density at radius 2 is 2.29 bits per heavy atom. The zero-order valence-corrected chi connectivity index (χ0v) is 11.7. The van der Waals surface area contributed by atoms with Crippen molar-refractivity contribution in [3.63, 3.8) is 0 Å². The molecule has 1 heterocycles. The summed E-state index contributed by atoms with van der Waals surface area (Å²) >= 11 is 7.28. The van der Waals surface area contributed by atoms with Gasteiger partial charge in [-0.1, -0.05) is 42.7 Å². The van der Waals surface area contributed by atoms with Crippen LogP contribution < -0.4 is 4.90 Å². The van der Waals surface area contributed by atoms with Crippen molar-refractivity contribution in [1.29, 1.82) is 0 Å². The molecule has 1 aromatic rings. The third kappa shape index (κ3) is 2.80. The van der Waals surface area contributed by atoms with E-state index in [0.29, 0.717) is 16.1 Å². The van der Waals surface area contributed by atoms with Crippen LogP contribution in [-0.2, 0) is 0 Å². The number of aromatic nitrogens is 1. The van der Waals surface area contributed by atoms with Crippen LogP contribution in [0.5, 0.6) is 0 Å². The van der Waals surface area contributed by atoms with Crippen molar-refractivity contribution in [1.82, 2.24) is 4.98 Å². The third-order valence-corrected chi connectivity index (χ3v) is 4.94. The summed E-state index contributed by atoms with van der Waals surface area (Å²) in [6, 6.07) is 0.528. The van der Waals surface area contributed by atoms with E-state index >= 15 is 0 Å². The van der Waals surface area contributed by atoms with E-state index in [1.165, 1.54) is 37.0 Å². The van der Waals surface area contributed by atoms with E-state index in [0.717, 1.165) is 17.3 Å². The standard InChI is InChI=1S/C12H17ClN2OS/c1-8-4-3-5-9(6-8)15(2)12-14-11(13)10(7-16)17-12/h7-9H,3-6H2,1-2H3. The van der Waals surface area contributed by atoms with E-state index in [4.69, 9.17) is 11.6 Å². The zero-order valence-electron chi connectivity index (χ0n) is 10.1. The average Bonchev–Trinajstić information content (AvgIpc) is 2.69. The Bertz CT molecular complexity index is 407. The van der Waals surface area contributed by atoms with Gasteiger partial charge in [0, 0.05) is 13.1 Å². The number of hydrogen-bond acceptors (Lipinski definition) is 4. The van der Waals surface area contributed by atoms with Crippen LogP contribution in [-0.4, -0.2) is 24.4 Å². The topological polar surface area (TPSA) is 33.2 Å². The lowest BCUT2D eigenvalue weighted by atomic mass is 9.86. The molecule has 0 bridgehead atoms. The second kappa shape index (κ2) is 5.36. The van der Waals surface area contributed by atoms with Crippen LogP contribution in [0.1, 0.15) is 42.3 Å². The molecule has 0 aromatic carbocycles. The Kier molecular flexibility index (Phi) is 4.05. The largest absolute Gasteiger partial charge is 0.348 e. The van der Waals surface area contributed by atoms with Crippen molar-refractivity contribution >= 4 is 34.4 Å². The first-order valence-corrected chi connectivity index (χ1v) is 7.15. The molecular formula is C12H17ClN2OS. The highest BCUT2D eigenvalue weighted by molar-refractivity contribution is 7.17. The minimum absolute atomic E-state index is 0.329. The summed E-state index contributed by atoms with van der Waals surface area (Å²) < 4.78 is 0. The smallest absolute Gasteiger partial charge is 0.187 e. The third-order valence-electron chi connectivity index (χ3n) is 3.46. The highest BCUT2D eigenvalue weighted by atomic mass is 35.5. The molecule has 0 spiro atoms. The normalized spacial score (nSPS) is 24.6. The first-order valence-electron chi connectivity index (χ1n) is 5.96. The summed E-state index contributed by atoms with van der Waals surface area (Å²) in [6.07, 6.45) is 5.78. The number of halogens is 1. The maximum absolute atomic E-state index is 10.8. The van der Waals surface area contributed by atoms with Gasteiger partial charge in [0.15, 0.2) is 16.6 Å². The first kappa shape index (κ1) is 12.8. The van der Waals surface area contributed by atoms with Crippen LogP contribution in [0, 0.1) is 5.92 Å². The number of anilines is 1. The van der Waals surface area contributed by atoms with Crippen molar-refractivity contribution in [2.24, 2.45) is 5.92 Å². The summed E-state index contributed by atoms with van der Waals surface area (Å²) in [4.78, 5) is 17.7. The van der Waals surface area contributed by atoms with Crippen LogP contribution >= 0.6 is 22.9 Å². The summed E-state index contributed by atoms with van der Waals surface area (Å²) in [5.41, 5.74) is 0. The highest BCUT2D eigenvalue weighted by Crippen LogP contribution is 2.33. The molecule has 17 heavy (non-hydrogen) atoms. The zero-order chi connectivity index (χ0) is 12.4. The fraction of sp³-hybridized carbons (Fsp3) is 0.667. The Morgan fingerprint density at radius 3 is 2.88 bits per heavy atom. The number of carbonyl (C=O) groups excluding carboxylic acids is 1. The Morgan fingerprint density at radius 1 is 1.53 bits per heavy atom. The SMILES string of the molecule is CC1CCCC(N(C)c2nc(Cl)c(C=O)s2)C1. The van der Waals surface area contributed by atoms with Gasteiger partial charge in [0.1, 0.15) is 4.88 Å². The minimum Gasteiger partial charge on any atom is -0.348 e. The lowest BCUT2D eigenvalue weighted by Crippen LogP contribution is -2.35. The number of aldehydes is 1. The first-order chi connectivity index (χ1) is 8.11. The molecule has 5 heteroatoms. The monoisotopic (exact) mass is 272 g/mol. The molecule has 1 aliphatic rings. The maximum atomic E-state index is 10.8. The predicted molar refractivity (Wildman–Crippen MR) is 72.3 cm³/mol. The van der Waals surface area contributed by atoms with Crippen LogP contribution in [0.25, 0.3) is 0 Å². The molecule has 0 saturated heterocycles. The fourth-order valence-electron chi connectivity index (χ4n) is 2.44. The van der Waals surface area contributed by atoms with Gasteiger partial charge in [0.05, 0.1) is 0 Å². The summed E-state index contributed by atoms with van der Waals surface area (Å²) in [5, 5.41) is 1.19. The molecule has 0 radical (unpaired) electrons. The van der Waals surface area contributed by atoms with Crippen LogP contribution in [0.2, 0.25) is 5.15 Å². The van der Waals surface area contributed by atoms with Gasteiger partial charge in [0.2, 0.25) is 0 Å². The van der Waals surface area contributed by atoms with Crippen molar-refractivity contribution in [2.45, 2.75) is 38.6 Å². The molecule has 1 fully saturated rings. The molecule has 2 atom stereocenters. The summed E-state index contributed by atoms with van der Waals surface area (Å²) in [5.74, 6) is 0.775. The van der Waals surface area contributed by atoms with E-state index in [2.05, 4.69) is 16.8 Å². The second-order valence-electron chi connectivity index (χ2n) is 4.81. The summed E-state index contributed by atoms with van der Waals surface area (Å²) in [6.45, 7) is 2.30. The molecule has 2 unspecified atom stereocenters. The predicted octanol–water partition coefficient (Wildman–Crippen LogP) is 3.62. The molecule has 0 N–H and O–H groups in total. The van der Waals surface area contributed by atoms with Gasteiger partial charge in [-0.3, -0.25) is 4.79 Å². The van der Waals surface area contributed by atoms with Gasteiger partial charge >= 0.3 is 0 Å². The lowest BCUT2D eigenvalue weighted by Gasteiger charge is -2.33. The van der Waals surface area contributed by atoms with Crippen molar-refractivity contribution in [2.75, 3.05) is 11.9 Å². The van der Waals surface area contributed by atoms with Crippen LogP contribution in [0.15, 0.2) is 0 Å². The van der Waals surface area contributed by atoms with Gasteiger partial charge in [-0.25, -0.2) is 4.98 Å². The Balaban J connectivity index is 2.12. The van der Waals surface area contributed by atoms with E-state index < -0.39 is 0 Å². The maximum Gasteiger partial charge on any atom is 0.187 e. The molecular weight excluding hydrogens is 256 g/mol. The second-order valence-corrected chi connectivity index (χ2v) is 6.17. The number of hydrogen-bond donors (Lipinski definition) is 0. The van der Waals surface area contributed by atoms with Gasteiger partial charge in [-0.15, -0.1) is 0 Å². The number of rotatable bonds is 3. The summed E-state index contributed by atoms with van der Waals surface area (Å²) in [7, 11) is 2.05. The fourth-order valence-corrected chi connectivity index (χ4v) is 3.53. The molecule has 0 amide bonds. The molecule has 3 nitrogen and oxygen atoms in total. The molecule has 1 aromatic heterocycles. The van der Waals surface area contributed by atoms with E-state index in [1.807, 2.05) is 7.05 Å². The molecule has 1 aliphatic carbocycles. The van der Waals surface area contributed by atoms with E-state index in [1.54, 1.807) is 0 Å². The van der Waals surface area contributed by atoms with Crippen LogP contribution in [0.3, 0.4) is 0 Å². The minimum atomic E-state index is 0.329. The molecule has 0 aliphatic heterocycles. The van der Waals surface area contributed by atoms with E-state index in [9.17, 15) is 4.79 Å².